The van der Waals surface area contributed by atoms with Crippen molar-refractivity contribution in [1.29, 1.82) is 0 Å². The van der Waals surface area contributed by atoms with Crippen molar-refractivity contribution in [2.75, 3.05) is 7.11 Å². The minimum absolute atomic E-state index is 0.0574. The van der Waals surface area contributed by atoms with Crippen molar-refractivity contribution in [3.8, 4) is 5.75 Å². The molecule has 0 aliphatic carbocycles. The van der Waals surface area contributed by atoms with E-state index in [1.54, 1.807) is 6.92 Å². The fourth-order valence-electron chi connectivity index (χ4n) is 2.02. The second-order valence-electron chi connectivity index (χ2n) is 4.32. The number of nitrogens with zero attached hydrogens (tertiary/aromatic N) is 1. The van der Waals surface area contributed by atoms with Gasteiger partial charge in [0.15, 0.2) is 0 Å². The lowest BCUT2D eigenvalue weighted by molar-refractivity contribution is -0.385. The molecule has 0 aromatic heterocycles. The summed E-state index contributed by atoms with van der Waals surface area (Å²) >= 11 is 0. The van der Waals surface area contributed by atoms with Crippen LogP contribution in [0.2, 0.25) is 0 Å². The summed E-state index contributed by atoms with van der Waals surface area (Å²) in [7, 11) is 1.39. The quantitative estimate of drug-likeness (QED) is 0.593. The van der Waals surface area contributed by atoms with E-state index in [-0.39, 0.29) is 11.5 Å². The maximum absolute atomic E-state index is 12.1. The Bertz CT molecular complexity index is 527. The summed E-state index contributed by atoms with van der Waals surface area (Å²) in [5, 5.41) is 10.7. The van der Waals surface area contributed by atoms with Crippen LogP contribution >= 0.6 is 0 Å². The Labute approximate surface area is 104 Å². The van der Waals surface area contributed by atoms with Gasteiger partial charge in [-0.25, -0.2) is 0 Å². The lowest BCUT2D eigenvalue weighted by atomic mass is 9.88. The largest absolute Gasteiger partial charge is 0.455 e. The second-order valence-corrected chi connectivity index (χ2v) is 4.32. The summed E-state index contributed by atoms with van der Waals surface area (Å²) in [6, 6.07) is 4.21. The van der Waals surface area contributed by atoms with E-state index in [9.17, 15) is 14.9 Å². The Kier molecular flexibility index (Phi) is 2.82. The molecule has 0 N–H and O–H groups in total. The number of Topliss-reactive ketones (excluding diaryl/α,β-unsaturated/α-hetero) is 1. The highest BCUT2D eigenvalue weighted by molar-refractivity contribution is 5.94. The molecule has 2 unspecified atom stereocenters. The average molecular weight is 251 g/mol. The van der Waals surface area contributed by atoms with Crippen molar-refractivity contribution < 1.29 is 19.2 Å². The van der Waals surface area contributed by atoms with Crippen molar-refractivity contribution in [3.63, 3.8) is 0 Å². The summed E-state index contributed by atoms with van der Waals surface area (Å²) in [5.74, 6) is -1.64. The molecule has 0 radical (unpaired) electrons. The summed E-state index contributed by atoms with van der Waals surface area (Å²) < 4.78 is 10.6. The van der Waals surface area contributed by atoms with Crippen LogP contribution in [0.3, 0.4) is 0 Å². The Morgan fingerprint density at radius 2 is 2.17 bits per heavy atom. The molecule has 0 spiro atoms. The molecular weight excluding hydrogens is 238 g/mol. The van der Waals surface area contributed by atoms with Crippen molar-refractivity contribution in [2.24, 2.45) is 0 Å². The van der Waals surface area contributed by atoms with Gasteiger partial charge in [0.2, 0.25) is 5.78 Å². The number of benzene rings is 1. The van der Waals surface area contributed by atoms with Gasteiger partial charge in [0.25, 0.3) is 11.5 Å². The smallest absolute Gasteiger partial charge is 0.269 e. The zero-order chi connectivity index (χ0) is 13.5. The first kappa shape index (κ1) is 12.5. The highest BCUT2D eigenvalue weighted by Gasteiger charge is 2.44. The van der Waals surface area contributed by atoms with Crippen LogP contribution in [0.5, 0.6) is 5.75 Å². The summed E-state index contributed by atoms with van der Waals surface area (Å²) in [5.41, 5.74) is 0.460. The number of carbonyl (C=O) groups is 1. The lowest BCUT2D eigenvalue weighted by Gasteiger charge is -2.35. The number of ether oxygens (including phenoxy) is 2. The first-order valence-electron chi connectivity index (χ1n) is 5.46. The van der Waals surface area contributed by atoms with Gasteiger partial charge in [-0.1, -0.05) is 6.92 Å². The number of carbonyl (C=O) groups excluding carboxylic acids is 1. The number of nitro benzene ring substituents is 1. The standard InChI is InChI=1S/C12H13NO5/c1-7-9-6-8(13(15)16)4-5-10(9)18-12(2,17-3)11(7)14/h4-7H,1-3H3. The minimum atomic E-state index is -1.33. The number of hydrogen-bond acceptors (Lipinski definition) is 5. The average Bonchev–Trinajstić information content (AvgIpc) is 2.35. The molecule has 1 aromatic carbocycles. The molecule has 6 heteroatoms. The molecule has 0 saturated carbocycles. The molecule has 96 valence electrons. The van der Waals surface area contributed by atoms with Crippen molar-refractivity contribution in [3.05, 3.63) is 33.9 Å². The zero-order valence-corrected chi connectivity index (χ0v) is 10.3. The molecule has 0 amide bonds. The SMILES string of the molecule is COC1(C)Oc2ccc([N+](=O)[O-])cc2C(C)C1=O. The van der Waals surface area contributed by atoms with E-state index < -0.39 is 16.6 Å². The first-order valence-corrected chi connectivity index (χ1v) is 5.46. The first-order chi connectivity index (χ1) is 8.39. The van der Waals surface area contributed by atoms with E-state index in [0.717, 1.165) is 0 Å². The third-order valence-corrected chi connectivity index (χ3v) is 3.21. The summed E-state index contributed by atoms with van der Waals surface area (Å²) in [6.07, 6.45) is 0. The van der Waals surface area contributed by atoms with Crippen LogP contribution in [-0.2, 0) is 9.53 Å². The molecule has 1 aliphatic heterocycles. The number of non-ortho nitro benzene ring substituents is 1. The third-order valence-electron chi connectivity index (χ3n) is 3.21. The maximum atomic E-state index is 12.1. The van der Waals surface area contributed by atoms with Gasteiger partial charge < -0.3 is 9.47 Å². The predicted molar refractivity (Wildman–Crippen MR) is 62.6 cm³/mol. The highest BCUT2D eigenvalue weighted by atomic mass is 16.7. The molecule has 0 saturated heterocycles. The molecule has 18 heavy (non-hydrogen) atoms. The van der Waals surface area contributed by atoms with Gasteiger partial charge in [-0.3, -0.25) is 14.9 Å². The Hall–Kier alpha value is -1.95. The number of ketones is 1. The number of nitro groups is 1. The zero-order valence-electron chi connectivity index (χ0n) is 10.3. The van der Waals surface area contributed by atoms with Crippen LogP contribution in [0.25, 0.3) is 0 Å². The lowest BCUT2D eigenvalue weighted by Crippen LogP contribution is -2.48. The number of rotatable bonds is 2. The molecule has 0 bridgehead atoms. The van der Waals surface area contributed by atoms with Crippen molar-refractivity contribution >= 4 is 11.5 Å². The Morgan fingerprint density at radius 1 is 1.50 bits per heavy atom. The molecule has 2 atom stereocenters. The highest BCUT2D eigenvalue weighted by Crippen LogP contribution is 2.40. The number of fused-ring (bicyclic) bond motifs is 1. The van der Waals surface area contributed by atoms with Crippen LogP contribution in [0.1, 0.15) is 25.3 Å². The fourth-order valence-corrected chi connectivity index (χ4v) is 2.02. The second kappa shape index (κ2) is 4.06. The molecule has 2 rings (SSSR count). The van der Waals surface area contributed by atoms with Crippen LogP contribution in [0, 0.1) is 10.1 Å². The van der Waals surface area contributed by atoms with E-state index in [0.29, 0.717) is 11.3 Å². The fraction of sp³-hybridized carbons (Fsp3) is 0.417. The predicted octanol–water partition coefficient (Wildman–Crippen LogP) is 2.02. The number of hydrogen-bond donors (Lipinski definition) is 0. The maximum Gasteiger partial charge on any atom is 0.269 e. The van der Waals surface area contributed by atoms with Gasteiger partial charge in [0.1, 0.15) is 5.75 Å². The van der Waals surface area contributed by atoms with Crippen LogP contribution in [0.15, 0.2) is 18.2 Å². The van der Waals surface area contributed by atoms with Gasteiger partial charge in [-0.05, 0) is 6.07 Å². The monoisotopic (exact) mass is 251 g/mol. The van der Waals surface area contributed by atoms with Gasteiger partial charge in [-0.2, -0.15) is 0 Å². The summed E-state index contributed by atoms with van der Waals surface area (Å²) in [6.45, 7) is 3.22. The van der Waals surface area contributed by atoms with Gasteiger partial charge >= 0.3 is 0 Å². The molecule has 6 nitrogen and oxygen atoms in total. The molecule has 1 aromatic rings. The summed E-state index contributed by atoms with van der Waals surface area (Å²) in [4.78, 5) is 22.3. The van der Waals surface area contributed by atoms with Crippen LogP contribution in [-0.4, -0.2) is 23.6 Å². The van der Waals surface area contributed by atoms with E-state index in [2.05, 4.69) is 0 Å². The molecule has 0 fully saturated rings. The van der Waals surface area contributed by atoms with E-state index >= 15 is 0 Å². The molecular formula is C12H13NO5. The third kappa shape index (κ3) is 1.74. The van der Waals surface area contributed by atoms with Crippen LogP contribution < -0.4 is 4.74 Å². The van der Waals surface area contributed by atoms with E-state index in [4.69, 9.17) is 9.47 Å². The van der Waals surface area contributed by atoms with Gasteiger partial charge in [0, 0.05) is 31.7 Å². The normalized spacial score (nSPS) is 26.4. The topological polar surface area (TPSA) is 78.7 Å². The molecule has 1 heterocycles. The van der Waals surface area contributed by atoms with Crippen LogP contribution in [0.4, 0.5) is 5.69 Å². The minimum Gasteiger partial charge on any atom is -0.455 e. The number of methoxy groups -OCH3 is 1. The Morgan fingerprint density at radius 3 is 2.72 bits per heavy atom. The van der Waals surface area contributed by atoms with E-state index in [1.807, 2.05) is 0 Å². The van der Waals surface area contributed by atoms with Gasteiger partial charge in [0.05, 0.1) is 10.8 Å². The van der Waals surface area contributed by atoms with Gasteiger partial charge in [-0.15, -0.1) is 0 Å². The Balaban J connectivity index is 2.52. The van der Waals surface area contributed by atoms with Crippen molar-refractivity contribution in [2.45, 2.75) is 25.6 Å². The van der Waals surface area contributed by atoms with E-state index in [1.165, 1.54) is 32.2 Å². The molecule has 1 aliphatic rings. The van der Waals surface area contributed by atoms with Crippen molar-refractivity contribution in [1.82, 2.24) is 0 Å².